The van der Waals surface area contributed by atoms with E-state index >= 15 is 0 Å². The predicted octanol–water partition coefficient (Wildman–Crippen LogP) is 1.89. The van der Waals surface area contributed by atoms with Gasteiger partial charge in [0.15, 0.2) is 0 Å². The van der Waals surface area contributed by atoms with Crippen LogP contribution < -0.4 is 15.4 Å². The first-order valence-electron chi connectivity index (χ1n) is 6.54. The monoisotopic (exact) mass is 299 g/mol. The molecule has 0 spiro atoms. The maximum atomic E-state index is 11.4. The average Bonchev–Trinajstić information content (AvgIpc) is 2.38. The van der Waals surface area contributed by atoms with Crippen LogP contribution in [0, 0.1) is 6.92 Å². The highest BCUT2D eigenvalue weighted by atomic mass is 35.5. The van der Waals surface area contributed by atoms with Crippen molar-refractivity contribution in [2.24, 2.45) is 0 Å². The molecule has 2 N–H and O–H groups in total. The van der Waals surface area contributed by atoms with E-state index in [0.29, 0.717) is 30.5 Å². The van der Waals surface area contributed by atoms with Gasteiger partial charge in [0.25, 0.3) is 0 Å². The zero-order chi connectivity index (χ0) is 15.0. The Labute approximate surface area is 125 Å². The summed E-state index contributed by atoms with van der Waals surface area (Å²) in [5.74, 6) is 0.640. The molecule has 0 saturated carbocycles. The molecule has 1 rings (SSSR count). The molecule has 112 valence electrons. The third-order valence-electron chi connectivity index (χ3n) is 2.58. The second kappa shape index (κ2) is 8.66. The van der Waals surface area contributed by atoms with Gasteiger partial charge in [0, 0.05) is 13.1 Å². The zero-order valence-electron chi connectivity index (χ0n) is 12.2. The molecule has 0 aliphatic carbocycles. The Kier molecular flexibility index (Phi) is 7.18. The summed E-state index contributed by atoms with van der Waals surface area (Å²) in [6, 6.07) is 5.41. The first-order valence-corrected chi connectivity index (χ1v) is 6.92. The van der Waals surface area contributed by atoms with Crippen molar-refractivity contribution in [3.63, 3.8) is 0 Å². The number of hydrogen-bond acceptors (Lipinski definition) is 3. The number of likely N-dealkylation sites (N-methyl/N-ethyl adjacent to an activating group) is 1. The number of benzene rings is 1. The van der Waals surface area contributed by atoms with Gasteiger partial charge in [-0.1, -0.05) is 17.7 Å². The number of hydrogen-bond donors (Lipinski definition) is 2. The van der Waals surface area contributed by atoms with Crippen molar-refractivity contribution >= 4 is 17.6 Å². The Balaban J connectivity index is 2.18. The molecule has 2 amide bonds. The van der Waals surface area contributed by atoms with Crippen molar-refractivity contribution in [1.29, 1.82) is 0 Å². The van der Waals surface area contributed by atoms with Gasteiger partial charge in [-0.3, -0.25) is 0 Å². The van der Waals surface area contributed by atoms with Gasteiger partial charge in [0.05, 0.1) is 11.6 Å². The lowest BCUT2D eigenvalue weighted by atomic mass is 10.2. The summed E-state index contributed by atoms with van der Waals surface area (Å²) in [5.41, 5.74) is 1.08. The lowest BCUT2D eigenvalue weighted by Crippen LogP contribution is -2.40. The minimum Gasteiger partial charge on any atom is -0.490 e. The molecule has 0 atom stereocenters. The predicted molar refractivity (Wildman–Crippen MR) is 81.6 cm³/mol. The van der Waals surface area contributed by atoms with Crippen LogP contribution in [0.3, 0.4) is 0 Å². The van der Waals surface area contributed by atoms with Gasteiger partial charge < -0.3 is 20.3 Å². The van der Waals surface area contributed by atoms with Crippen LogP contribution in [0.25, 0.3) is 0 Å². The van der Waals surface area contributed by atoms with Crippen LogP contribution >= 0.6 is 11.6 Å². The quantitative estimate of drug-likeness (QED) is 0.756. The normalized spacial score (nSPS) is 10.4. The molecule has 0 bridgehead atoms. The molecule has 0 radical (unpaired) electrons. The van der Waals surface area contributed by atoms with Gasteiger partial charge in [-0.15, -0.1) is 0 Å². The number of ether oxygens (including phenoxy) is 1. The van der Waals surface area contributed by atoms with E-state index in [2.05, 4.69) is 10.6 Å². The first-order chi connectivity index (χ1) is 9.49. The summed E-state index contributed by atoms with van der Waals surface area (Å²) in [6.45, 7) is 4.20. The second-order valence-corrected chi connectivity index (χ2v) is 5.18. The van der Waals surface area contributed by atoms with Crippen molar-refractivity contribution in [2.45, 2.75) is 6.92 Å². The van der Waals surface area contributed by atoms with E-state index in [9.17, 15) is 4.79 Å². The lowest BCUT2D eigenvalue weighted by Gasteiger charge is -2.12. The van der Waals surface area contributed by atoms with Crippen molar-refractivity contribution in [3.05, 3.63) is 28.8 Å². The summed E-state index contributed by atoms with van der Waals surface area (Å²) < 4.78 is 5.53. The molecule has 5 nitrogen and oxygen atoms in total. The molecular weight excluding hydrogens is 278 g/mol. The summed E-state index contributed by atoms with van der Waals surface area (Å²) in [7, 11) is 3.91. The molecule has 0 aromatic heterocycles. The van der Waals surface area contributed by atoms with E-state index < -0.39 is 0 Å². The number of urea groups is 1. The lowest BCUT2D eigenvalue weighted by molar-refractivity contribution is 0.235. The Morgan fingerprint density at radius 3 is 2.70 bits per heavy atom. The van der Waals surface area contributed by atoms with E-state index in [1.54, 1.807) is 6.07 Å². The van der Waals surface area contributed by atoms with Gasteiger partial charge in [0.2, 0.25) is 0 Å². The molecule has 0 aliphatic heterocycles. The van der Waals surface area contributed by atoms with E-state index in [1.165, 1.54) is 0 Å². The fourth-order valence-corrected chi connectivity index (χ4v) is 1.67. The van der Waals surface area contributed by atoms with Crippen LogP contribution in [0.4, 0.5) is 4.79 Å². The van der Waals surface area contributed by atoms with Gasteiger partial charge in [-0.05, 0) is 38.7 Å². The molecule has 0 saturated heterocycles. The smallest absolute Gasteiger partial charge is 0.314 e. The molecule has 0 unspecified atom stereocenters. The van der Waals surface area contributed by atoms with E-state index in [0.717, 1.165) is 12.1 Å². The number of nitrogens with zero attached hydrogens (tertiary/aromatic N) is 1. The SMILES string of the molecule is Cc1ccc(Cl)c(OCCNC(=O)NCCN(C)C)c1. The summed E-state index contributed by atoms with van der Waals surface area (Å²) >= 11 is 6.01. The number of halogens is 1. The Morgan fingerprint density at radius 2 is 2.00 bits per heavy atom. The van der Waals surface area contributed by atoms with Gasteiger partial charge in [0.1, 0.15) is 12.4 Å². The largest absolute Gasteiger partial charge is 0.490 e. The highest BCUT2D eigenvalue weighted by Crippen LogP contribution is 2.24. The zero-order valence-corrected chi connectivity index (χ0v) is 13.0. The number of rotatable bonds is 7. The number of carbonyl (C=O) groups excluding carboxylic acids is 1. The number of carbonyl (C=O) groups is 1. The molecule has 20 heavy (non-hydrogen) atoms. The van der Waals surface area contributed by atoms with Gasteiger partial charge >= 0.3 is 6.03 Å². The minimum absolute atomic E-state index is 0.189. The van der Waals surface area contributed by atoms with Crippen molar-refractivity contribution in [2.75, 3.05) is 40.3 Å². The highest BCUT2D eigenvalue weighted by molar-refractivity contribution is 6.32. The minimum atomic E-state index is -0.189. The van der Waals surface area contributed by atoms with E-state index in [4.69, 9.17) is 16.3 Å². The fourth-order valence-electron chi connectivity index (χ4n) is 1.50. The number of nitrogens with one attached hydrogen (secondary N) is 2. The molecule has 0 aliphatic rings. The van der Waals surface area contributed by atoms with Crippen LogP contribution in [-0.2, 0) is 0 Å². The number of amides is 2. The molecule has 1 aromatic rings. The van der Waals surface area contributed by atoms with Crippen LogP contribution in [0.15, 0.2) is 18.2 Å². The number of aryl methyl sites for hydroxylation is 1. The summed E-state index contributed by atoms with van der Waals surface area (Å²) in [4.78, 5) is 13.4. The van der Waals surface area contributed by atoms with Crippen LogP contribution in [0.2, 0.25) is 5.02 Å². The topological polar surface area (TPSA) is 53.6 Å². The molecular formula is C14H22ClN3O2. The van der Waals surface area contributed by atoms with Crippen LogP contribution in [0.5, 0.6) is 5.75 Å². The molecule has 0 fully saturated rings. The van der Waals surface area contributed by atoms with Crippen LogP contribution in [0.1, 0.15) is 5.56 Å². The van der Waals surface area contributed by atoms with Crippen molar-refractivity contribution < 1.29 is 9.53 Å². The average molecular weight is 300 g/mol. The molecule has 1 aromatic carbocycles. The Hall–Kier alpha value is -1.46. The summed E-state index contributed by atoms with van der Waals surface area (Å²) in [5, 5.41) is 6.06. The maximum Gasteiger partial charge on any atom is 0.314 e. The summed E-state index contributed by atoms with van der Waals surface area (Å²) in [6.07, 6.45) is 0. The van der Waals surface area contributed by atoms with Crippen LogP contribution in [-0.4, -0.2) is 51.3 Å². The van der Waals surface area contributed by atoms with Gasteiger partial charge in [-0.2, -0.15) is 0 Å². The maximum absolute atomic E-state index is 11.4. The standard InChI is InChI=1S/C14H22ClN3O2/c1-11-4-5-12(15)13(10-11)20-9-7-17-14(19)16-6-8-18(2)3/h4-5,10H,6-9H2,1-3H3,(H2,16,17,19). The third kappa shape index (κ3) is 6.63. The third-order valence-corrected chi connectivity index (χ3v) is 2.89. The van der Waals surface area contributed by atoms with Gasteiger partial charge in [-0.25, -0.2) is 4.79 Å². The molecule has 0 heterocycles. The van der Waals surface area contributed by atoms with Crippen molar-refractivity contribution in [3.8, 4) is 5.75 Å². The van der Waals surface area contributed by atoms with E-state index in [1.807, 2.05) is 38.1 Å². The Morgan fingerprint density at radius 1 is 1.30 bits per heavy atom. The first kappa shape index (κ1) is 16.6. The van der Waals surface area contributed by atoms with Crippen molar-refractivity contribution in [1.82, 2.24) is 15.5 Å². The fraction of sp³-hybridized carbons (Fsp3) is 0.500. The highest BCUT2D eigenvalue weighted by Gasteiger charge is 2.03. The van der Waals surface area contributed by atoms with E-state index in [-0.39, 0.29) is 6.03 Å². The second-order valence-electron chi connectivity index (χ2n) is 4.77. The Bertz CT molecular complexity index is 438. The molecule has 6 heteroatoms.